The van der Waals surface area contributed by atoms with Crippen LogP contribution in [0.15, 0.2) is 22.5 Å². The summed E-state index contributed by atoms with van der Waals surface area (Å²) < 4.78 is 22.6. The summed E-state index contributed by atoms with van der Waals surface area (Å²) in [5.41, 5.74) is 0. The van der Waals surface area contributed by atoms with Crippen LogP contribution in [0.1, 0.15) is 11.8 Å². The number of hydrogen-bond acceptors (Lipinski definition) is 4. The van der Waals surface area contributed by atoms with Gasteiger partial charge >= 0.3 is 0 Å². The summed E-state index contributed by atoms with van der Waals surface area (Å²) in [5, 5.41) is 8.13. The molecule has 1 heterocycles. The zero-order valence-corrected chi connectivity index (χ0v) is 15.0. The molecular formula is C11H20IN3O2S2. The summed E-state index contributed by atoms with van der Waals surface area (Å²) in [6.07, 6.45) is 0. The molecule has 0 atom stereocenters. The Hall–Kier alpha value is -0.350. The monoisotopic (exact) mass is 417 g/mol. The Bertz CT molecular complexity index is 472. The van der Waals surface area contributed by atoms with E-state index in [0.717, 1.165) is 0 Å². The Morgan fingerprint density at radius 2 is 2.16 bits per heavy atom. The summed E-state index contributed by atoms with van der Waals surface area (Å²) in [5.74, 6) is 0.925. The number of hydrogen-bond donors (Lipinski definition) is 2. The van der Waals surface area contributed by atoms with E-state index in [2.05, 4.69) is 15.6 Å². The number of halogens is 1. The highest BCUT2D eigenvalue weighted by Gasteiger charge is 2.07. The molecule has 0 fully saturated rings. The number of nitrogens with one attached hydrogen (secondary N) is 2. The van der Waals surface area contributed by atoms with Gasteiger partial charge in [-0.1, -0.05) is 13.0 Å². The van der Waals surface area contributed by atoms with Crippen molar-refractivity contribution in [2.45, 2.75) is 13.5 Å². The third kappa shape index (κ3) is 7.73. The molecule has 0 amide bonds. The van der Waals surface area contributed by atoms with E-state index in [1.54, 1.807) is 25.3 Å². The molecule has 0 saturated heterocycles. The fraction of sp³-hybridized carbons (Fsp3) is 0.545. The summed E-state index contributed by atoms with van der Waals surface area (Å²) >= 11 is 1.67. The van der Waals surface area contributed by atoms with Gasteiger partial charge in [-0.05, 0) is 11.4 Å². The molecule has 0 spiro atoms. The SMILES string of the molecule is CCS(=O)(=O)CCNC(=NC)NCc1cccs1.I. The van der Waals surface area contributed by atoms with Crippen LogP contribution >= 0.6 is 35.3 Å². The highest BCUT2D eigenvalue weighted by Crippen LogP contribution is 2.06. The van der Waals surface area contributed by atoms with Crippen molar-refractivity contribution in [2.24, 2.45) is 4.99 Å². The van der Waals surface area contributed by atoms with Crippen LogP contribution in [0.5, 0.6) is 0 Å². The lowest BCUT2D eigenvalue weighted by molar-refractivity contribution is 0.595. The summed E-state index contributed by atoms with van der Waals surface area (Å²) in [6.45, 7) is 2.72. The molecule has 8 heteroatoms. The molecule has 0 unspecified atom stereocenters. The average molecular weight is 417 g/mol. The highest BCUT2D eigenvalue weighted by atomic mass is 127. The minimum atomic E-state index is -2.92. The van der Waals surface area contributed by atoms with Crippen LogP contribution < -0.4 is 10.6 Å². The van der Waals surface area contributed by atoms with E-state index in [9.17, 15) is 8.42 Å². The van der Waals surface area contributed by atoms with Crippen molar-refractivity contribution in [1.82, 2.24) is 10.6 Å². The molecule has 0 aliphatic carbocycles. The highest BCUT2D eigenvalue weighted by molar-refractivity contribution is 14.0. The molecule has 0 bridgehead atoms. The third-order valence-corrected chi connectivity index (χ3v) is 4.96. The molecule has 1 aromatic rings. The topological polar surface area (TPSA) is 70.6 Å². The lowest BCUT2D eigenvalue weighted by Crippen LogP contribution is -2.39. The molecule has 1 aromatic heterocycles. The maximum atomic E-state index is 11.3. The second-order valence-corrected chi connectivity index (χ2v) is 7.17. The van der Waals surface area contributed by atoms with E-state index in [-0.39, 0.29) is 35.5 Å². The lowest BCUT2D eigenvalue weighted by atomic mass is 10.5. The Kier molecular flexibility index (Phi) is 9.36. The minimum Gasteiger partial charge on any atom is -0.355 e. The molecular weight excluding hydrogens is 397 g/mol. The van der Waals surface area contributed by atoms with Gasteiger partial charge in [-0.15, -0.1) is 35.3 Å². The summed E-state index contributed by atoms with van der Waals surface area (Å²) in [7, 11) is -1.26. The maximum absolute atomic E-state index is 11.3. The molecule has 19 heavy (non-hydrogen) atoms. The van der Waals surface area contributed by atoms with Crippen LogP contribution in [0.2, 0.25) is 0 Å². The number of aliphatic imine (C=N–C) groups is 1. The van der Waals surface area contributed by atoms with Crippen LogP contribution in [-0.2, 0) is 16.4 Å². The summed E-state index contributed by atoms with van der Waals surface area (Å²) in [4.78, 5) is 5.24. The molecule has 1 rings (SSSR count). The largest absolute Gasteiger partial charge is 0.355 e. The zero-order chi connectivity index (χ0) is 13.4. The fourth-order valence-corrected chi connectivity index (χ4v) is 2.62. The molecule has 2 N–H and O–H groups in total. The van der Waals surface area contributed by atoms with Crippen LogP contribution in [-0.4, -0.2) is 39.5 Å². The number of rotatable bonds is 6. The van der Waals surface area contributed by atoms with Crippen molar-refractivity contribution < 1.29 is 8.42 Å². The normalized spacial score (nSPS) is 11.8. The molecule has 5 nitrogen and oxygen atoms in total. The van der Waals surface area contributed by atoms with Gasteiger partial charge in [0.25, 0.3) is 0 Å². The van der Waals surface area contributed by atoms with E-state index in [4.69, 9.17) is 0 Å². The van der Waals surface area contributed by atoms with Crippen molar-refractivity contribution in [3.63, 3.8) is 0 Å². The predicted octanol–water partition coefficient (Wildman–Crippen LogP) is 1.47. The van der Waals surface area contributed by atoms with Crippen LogP contribution in [0.4, 0.5) is 0 Å². The first kappa shape index (κ1) is 18.7. The number of thiophene rings is 1. The molecule has 0 radical (unpaired) electrons. The van der Waals surface area contributed by atoms with E-state index < -0.39 is 9.84 Å². The van der Waals surface area contributed by atoms with Crippen LogP contribution in [0.25, 0.3) is 0 Å². The first-order valence-electron chi connectivity index (χ1n) is 5.74. The fourth-order valence-electron chi connectivity index (χ4n) is 1.27. The molecule has 110 valence electrons. The lowest BCUT2D eigenvalue weighted by Gasteiger charge is -2.10. The second kappa shape index (κ2) is 9.54. The van der Waals surface area contributed by atoms with Gasteiger partial charge in [0.05, 0.1) is 12.3 Å². The quantitative estimate of drug-likeness (QED) is 0.418. The van der Waals surface area contributed by atoms with Gasteiger partial charge in [-0.25, -0.2) is 8.42 Å². The smallest absolute Gasteiger partial charge is 0.191 e. The van der Waals surface area contributed by atoms with Crippen molar-refractivity contribution in [2.75, 3.05) is 25.1 Å². The maximum Gasteiger partial charge on any atom is 0.191 e. The first-order chi connectivity index (χ1) is 8.57. The molecule has 0 aromatic carbocycles. The number of nitrogens with zero attached hydrogens (tertiary/aromatic N) is 1. The van der Waals surface area contributed by atoms with E-state index in [1.807, 2.05) is 17.5 Å². The van der Waals surface area contributed by atoms with E-state index in [1.165, 1.54) is 4.88 Å². The van der Waals surface area contributed by atoms with Crippen LogP contribution in [0.3, 0.4) is 0 Å². The Balaban J connectivity index is 0.00000324. The first-order valence-corrected chi connectivity index (χ1v) is 8.45. The van der Waals surface area contributed by atoms with Crippen molar-refractivity contribution in [3.8, 4) is 0 Å². The van der Waals surface area contributed by atoms with Gasteiger partial charge in [0, 0.05) is 24.2 Å². The minimum absolute atomic E-state index is 0. The van der Waals surface area contributed by atoms with Gasteiger partial charge in [-0.2, -0.15) is 0 Å². The Morgan fingerprint density at radius 3 is 2.68 bits per heavy atom. The van der Waals surface area contributed by atoms with Gasteiger partial charge in [0.2, 0.25) is 0 Å². The van der Waals surface area contributed by atoms with Crippen LogP contribution in [0, 0.1) is 0 Å². The standard InChI is InChI=1S/C11H19N3O2S2.HI/c1-3-18(15,16)8-6-13-11(12-2)14-9-10-5-4-7-17-10;/h4-5,7H,3,6,8-9H2,1-2H3,(H2,12,13,14);1H. The van der Waals surface area contributed by atoms with Gasteiger partial charge < -0.3 is 10.6 Å². The molecule has 0 aliphatic rings. The predicted molar refractivity (Wildman–Crippen MR) is 92.3 cm³/mol. The Morgan fingerprint density at radius 1 is 1.42 bits per heavy atom. The summed E-state index contributed by atoms with van der Waals surface area (Å²) in [6, 6.07) is 4.03. The number of sulfone groups is 1. The van der Waals surface area contributed by atoms with Crippen molar-refractivity contribution >= 4 is 51.1 Å². The van der Waals surface area contributed by atoms with E-state index in [0.29, 0.717) is 19.0 Å². The van der Waals surface area contributed by atoms with Crippen molar-refractivity contribution in [1.29, 1.82) is 0 Å². The zero-order valence-electron chi connectivity index (χ0n) is 11.0. The average Bonchev–Trinajstić information content (AvgIpc) is 2.86. The Labute approximate surface area is 135 Å². The molecule has 0 aliphatic heterocycles. The van der Waals surface area contributed by atoms with E-state index >= 15 is 0 Å². The number of guanidine groups is 1. The van der Waals surface area contributed by atoms with Crippen molar-refractivity contribution in [3.05, 3.63) is 22.4 Å². The van der Waals surface area contributed by atoms with Gasteiger partial charge in [0.15, 0.2) is 15.8 Å². The van der Waals surface area contributed by atoms with Gasteiger partial charge in [0.1, 0.15) is 0 Å². The third-order valence-electron chi connectivity index (χ3n) is 2.38. The van der Waals surface area contributed by atoms with Gasteiger partial charge in [-0.3, -0.25) is 4.99 Å². The second-order valence-electron chi connectivity index (χ2n) is 3.67. The molecule has 0 saturated carbocycles.